The first-order valence-corrected chi connectivity index (χ1v) is 5.59. The Balaban J connectivity index is 2.19. The van der Waals surface area contributed by atoms with E-state index in [2.05, 4.69) is 0 Å². The minimum atomic E-state index is 0.199. The van der Waals surface area contributed by atoms with Gasteiger partial charge in [0.15, 0.2) is 5.78 Å². The fourth-order valence-corrected chi connectivity index (χ4v) is 1.99. The van der Waals surface area contributed by atoms with E-state index in [0.29, 0.717) is 5.78 Å². The number of allylic oxidation sites excluding steroid dienone is 1. The lowest BCUT2D eigenvalue weighted by Gasteiger charge is -2.01. The topological polar surface area (TPSA) is 26.3 Å². The second-order valence-electron chi connectivity index (χ2n) is 4.25. The van der Waals surface area contributed by atoms with Crippen LogP contribution in [0.2, 0.25) is 0 Å². The third-order valence-electron chi connectivity index (χ3n) is 3.07. The third kappa shape index (κ3) is 2.16. The molecule has 0 amide bonds. The summed E-state index contributed by atoms with van der Waals surface area (Å²) in [5, 5.41) is 0. The highest BCUT2D eigenvalue weighted by molar-refractivity contribution is 6.02. The number of hydrogen-bond acceptors (Lipinski definition) is 2. The van der Waals surface area contributed by atoms with Gasteiger partial charge in [0.2, 0.25) is 0 Å². The fraction of sp³-hybridized carbons (Fsp3) is 0.357. The Labute approximate surface area is 95.9 Å². The van der Waals surface area contributed by atoms with E-state index in [1.807, 2.05) is 37.3 Å². The van der Waals surface area contributed by atoms with Gasteiger partial charge in [0, 0.05) is 5.92 Å². The van der Waals surface area contributed by atoms with E-state index in [1.54, 1.807) is 7.11 Å². The maximum atomic E-state index is 11.7. The minimum Gasteiger partial charge on any atom is -0.497 e. The Kier molecular flexibility index (Phi) is 3.09. The lowest BCUT2D eigenvalue weighted by Crippen LogP contribution is -2.02. The van der Waals surface area contributed by atoms with E-state index >= 15 is 0 Å². The van der Waals surface area contributed by atoms with Crippen molar-refractivity contribution in [3.63, 3.8) is 0 Å². The molecule has 0 heterocycles. The molecule has 1 saturated carbocycles. The zero-order chi connectivity index (χ0) is 11.5. The zero-order valence-corrected chi connectivity index (χ0v) is 9.69. The minimum absolute atomic E-state index is 0.199. The summed E-state index contributed by atoms with van der Waals surface area (Å²) >= 11 is 0. The van der Waals surface area contributed by atoms with E-state index in [4.69, 9.17) is 4.74 Å². The third-order valence-corrected chi connectivity index (χ3v) is 3.07. The molecule has 0 saturated heterocycles. The molecule has 0 bridgehead atoms. The molecule has 0 aromatic heterocycles. The number of carbonyl (C=O) groups excluding carboxylic acids is 1. The average molecular weight is 216 g/mol. The van der Waals surface area contributed by atoms with Gasteiger partial charge < -0.3 is 4.74 Å². The van der Waals surface area contributed by atoms with Crippen LogP contribution in [0.4, 0.5) is 0 Å². The van der Waals surface area contributed by atoms with Crippen LogP contribution in [0.1, 0.15) is 25.3 Å². The molecule has 1 unspecified atom stereocenters. The smallest absolute Gasteiger partial charge is 0.161 e. The molecule has 0 N–H and O–H groups in total. The van der Waals surface area contributed by atoms with Gasteiger partial charge in [-0.3, -0.25) is 4.79 Å². The van der Waals surface area contributed by atoms with Crippen molar-refractivity contribution in [2.45, 2.75) is 19.8 Å². The summed E-state index contributed by atoms with van der Waals surface area (Å²) in [7, 11) is 1.65. The molecule has 0 radical (unpaired) electrons. The predicted molar refractivity (Wildman–Crippen MR) is 64.4 cm³/mol. The number of ketones is 1. The van der Waals surface area contributed by atoms with Crippen molar-refractivity contribution in [3.05, 3.63) is 35.4 Å². The first-order valence-electron chi connectivity index (χ1n) is 5.59. The monoisotopic (exact) mass is 216 g/mol. The molecule has 2 nitrogen and oxygen atoms in total. The van der Waals surface area contributed by atoms with E-state index in [1.165, 1.54) is 0 Å². The van der Waals surface area contributed by atoms with E-state index in [-0.39, 0.29) is 5.92 Å². The van der Waals surface area contributed by atoms with Gasteiger partial charge in [0.05, 0.1) is 7.11 Å². The van der Waals surface area contributed by atoms with E-state index < -0.39 is 0 Å². The van der Waals surface area contributed by atoms with Crippen LogP contribution in [0.3, 0.4) is 0 Å². The first-order chi connectivity index (χ1) is 7.70. The van der Waals surface area contributed by atoms with Crippen molar-refractivity contribution in [1.29, 1.82) is 0 Å². The molecule has 1 aliphatic carbocycles. The van der Waals surface area contributed by atoms with Crippen LogP contribution in [0.5, 0.6) is 5.75 Å². The molecule has 1 atom stereocenters. The highest BCUT2D eigenvalue weighted by Gasteiger charge is 2.24. The van der Waals surface area contributed by atoms with Crippen LogP contribution in [0, 0.1) is 5.92 Å². The van der Waals surface area contributed by atoms with Gasteiger partial charge in [-0.2, -0.15) is 0 Å². The van der Waals surface area contributed by atoms with Gasteiger partial charge >= 0.3 is 0 Å². The lowest BCUT2D eigenvalue weighted by atomic mass is 10.1. The second-order valence-corrected chi connectivity index (χ2v) is 4.25. The molecule has 2 heteroatoms. The lowest BCUT2D eigenvalue weighted by molar-refractivity contribution is -0.117. The molecule has 1 aromatic rings. The van der Waals surface area contributed by atoms with Gasteiger partial charge in [-0.25, -0.2) is 0 Å². The number of carbonyl (C=O) groups is 1. The van der Waals surface area contributed by atoms with Crippen LogP contribution < -0.4 is 4.74 Å². The summed E-state index contributed by atoms with van der Waals surface area (Å²) in [6, 6.07) is 7.77. The van der Waals surface area contributed by atoms with E-state index in [9.17, 15) is 4.79 Å². The quantitative estimate of drug-likeness (QED) is 0.710. The largest absolute Gasteiger partial charge is 0.497 e. The normalized spacial score (nSPS) is 22.8. The first kappa shape index (κ1) is 10.9. The fourth-order valence-electron chi connectivity index (χ4n) is 1.99. The van der Waals surface area contributed by atoms with Crippen molar-refractivity contribution in [2.24, 2.45) is 5.92 Å². The van der Waals surface area contributed by atoms with Crippen molar-refractivity contribution < 1.29 is 9.53 Å². The summed E-state index contributed by atoms with van der Waals surface area (Å²) in [4.78, 5) is 11.7. The number of Topliss-reactive ketones (excluding diaryl/α,β-unsaturated/α-hetero) is 1. The maximum absolute atomic E-state index is 11.7. The van der Waals surface area contributed by atoms with Crippen LogP contribution >= 0.6 is 0 Å². The highest BCUT2D eigenvalue weighted by Crippen LogP contribution is 2.28. The summed E-state index contributed by atoms with van der Waals surface area (Å²) < 4.78 is 5.09. The van der Waals surface area contributed by atoms with E-state index in [0.717, 1.165) is 29.7 Å². The predicted octanol–water partition coefficient (Wildman–Crippen LogP) is 3.08. The Bertz CT molecular complexity index is 415. The zero-order valence-electron chi connectivity index (χ0n) is 9.69. The van der Waals surface area contributed by atoms with Crippen molar-refractivity contribution in [3.8, 4) is 5.75 Å². The van der Waals surface area contributed by atoms with Crippen molar-refractivity contribution >= 4 is 11.9 Å². The molecule has 1 aromatic carbocycles. The Hall–Kier alpha value is -1.57. The van der Waals surface area contributed by atoms with Crippen molar-refractivity contribution in [2.75, 3.05) is 7.11 Å². The Morgan fingerprint density at radius 1 is 1.31 bits per heavy atom. The number of hydrogen-bond donors (Lipinski definition) is 0. The van der Waals surface area contributed by atoms with Crippen molar-refractivity contribution in [1.82, 2.24) is 0 Å². The summed E-state index contributed by atoms with van der Waals surface area (Å²) in [6.45, 7) is 2.00. The highest BCUT2D eigenvalue weighted by atomic mass is 16.5. The molecule has 1 aliphatic rings. The average Bonchev–Trinajstić information content (AvgIpc) is 2.62. The van der Waals surface area contributed by atoms with Gasteiger partial charge in [0.25, 0.3) is 0 Å². The Morgan fingerprint density at radius 2 is 2.00 bits per heavy atom. The summed E-state index contributed by atoms with van der Waals surface area (Å²) in [5.74, 6) is 1.34. The molecular formula is C14H16O2. The standard InChI is InChI=1S/C14H16O2/c1-10-3-6-12(14(10)15)9-11-4-7-13(16-2)8-5-11/h4-5,7-10H,3,6H2,1-2H3/b12-9+. The second kappa shape index (κ2) is 4.52. The summed E-state index contributed by atoms with van der Waals surface area (Å²) in [6.07, 6.45) is 3.89. The van der Waals surface area contributed by atoms with Crippen LogP contribution in [-0.2, 0) is 4.79 Å². The molecule has 1 fully saturated rings. The van der Waals surface area contributed by atoms with Gasteiger partial charge in [-0.05, 0) is 42.2 Å². The molecular weight excluding hydrogens is 200 g/mol. The van der Waals surface area contributed by atoms with Crippen LogP contribution in [0.15, 0.2) is 29.8 Å². The Morgan fingerprint density at radius 3 is 2.50 bits per heavy atom. The number of methoxy groups -OCH3 is 1. The molecule has 0 spiro atoms. The van der Waals surface area contributed by atoms with Crippen LogP contribution in [-0.4, -0.2) is 12.9 Å². The number of benzene rings is 1. The number of ether oxygens (including phenoxy) is 1. The van der Waals surface area contributed by atoms with Gasteiger partial charge in [-0.1, -0.05) is 19.1 Å². The maximum Gasteiger partial charge on any atom is 0.161 e. The molecule has 84 valence electrons. The number of rotatable bonds is 2. The summed E-state index contributed by atoms with van der Waals surface area (Å²) in [5.41, 5.74) is 2.02. The molecule has 16 heavy (non-hydrogen) atoms. The van der Waals surface area contributed by atoms with Gasteiger partial charge in [-0.15, -0.1) is 0 Å². The van der Waals surface area contributed by atoms with Crippen LogP contribution in [0.25, 0.3) is 6.08 Å². The molecule has 2 rings (SSSR count). The van der Waals surface area contributed by atoms with Gasteiger partial charge in [0.1, 0.15) is 5.75 Å². The SMILES string of the molecule is COc1ccc(/C=C2\CCC(C)C2=O)cc1. The molecule has 0 aliphatic heterocycles.